The Morgan fingerprint density at radius 1 is 1.05 bits per heavy atom. The topological polar surface area (TPSA) is 101 Å². The van der Waals surface area contributed by atoms with Crippen LogP contribution in [0.15, 0.2) is 77.7 Å². The van der Waals surface area contributed by atoms with Gasteiger partial charge in [0.25, 0.3) is 0 Å². The van der Waals surface area contributed by atoms with Crippen LogP contribution in [0.25, 0.3) is 0 Å². The Kier molecular flexibility index (Phi) is 7.96. The van der Waals surface area contributed by atoms with Gasteiger partial charge in [-0.15, -0.1) is 0 Å². The van der Waals surface area contributed by atoms with E-state index in [1.165, 1.54) is 12.1 Å². The minimum atomic E-state index is -4.14. The number of aliphatic carboxylic acids is 1. The van der Waals surface area contributed by atoms with E-state index >= 15 is 0 Å². The summed E-state index contributed by atoms with van der Waals surface area (Å²) < 4.78 is 41.8. The van der Waals surface area contributed by atoms with Crippen LogP contribution in [0, 0.1) is 17.2 Å². The predicted octanol–water partition coefficient (Wildman–Crippen LogP) is 6.76. The molecule has 2 N–H and O–H groups in total. The molecule has 2 fully saturated rings. The molecule has 1 aliphatic heterocycles. The van der Waals surface area contributed by atoms with Gasteiger partial charge in [-0.05, 0) is 91.3 Å². The van der Waals surface area contributed by atoms with E-state index in [9.17, 15) is 27.5 Å². The predicted molar refractivity (Wildman–Crippen MR) is 155 cm³/mol. The van der Waals surface area contributed by atoms with Gasteiger partial charge in [-0.25, -0.2) is 12.8 Å². The molecule has 5 rings (SSSR count). The van der Waals surface area contributed by atoms with Gasteiger partial charge in [0.2, 0.25) is 5.91 Å². The average Bonchev–Trinajstić information content (AvgIpc) is 3.75. The van der Waals surface area contributed by atoms with Gasteiger partial charge in [-0.1, -0.05) is 54.4 Å². The lowest BCUT2D eigenvalue weighted by Gasteiger charge is -2.46. The van der Waals surface area contributed by atoms with Gasteiger partial charge >= 0.3 is 5.97 Å². The lowest BCUT2D eigenvalue weighted by atomic mass is 9.67. The highest BCUT2D eigenvalue weighted by Crippen LogP contribution is 2.57. The van der Waals surface area contributed by atoms with Crippen molar-refractivity contribution in [2.24, 2.45) is 11.3 Å². The number of benzene rings is 3. The maximum atomic E-state index is 14.7. The minimum Gasteiger partial charge on any atom is -0.481 e. The molecule has 3 aromatic rings. The van der Waals surface area contributed by atoms with E-state index in [4.69, 9.17) is 23.2 Å². The van der Waals surface area contributed by atoms with E-state index in [1.54, 1.807) is 49.4 Å². The molecule has 0 aromatic heterocycles. The van der Waals surface area contributed by atoms with Crippen LogP contribution in [0.4, 0.5) is 4.39 Å². The van der Waals surface area contributed by atoms with E-state index in [0.29, 0.717) is 28.5 Å². The Balaban J connectivity index is 1.68. The molecule has 1 saturated carbocycles. The standard InChI is InChI=1S/C31H30Cl2FNO5S/c1-30(18-28(36)37)16-26(19-3-2-4-23(33)15-19)27(35-29(30)38)17-31(20-5-6-20,21-7-9-22(32)10-8-21)41(39,40)25-13-11-24(34)12-14-25/h2-4,7-15,20,26-27H,5-6,16-18H2,1H3,(H,35,38)(H,36,37)/t26-,27+,30+,31+/m1/s1. The maximum Gasteiger partial charge on any atom is 0.304 e. The number of carbonyl (C=O) groups is 2. The Morgan fingerprint density at radius 3 is 2.29 bits per heavy atom. The van der Waals surface area contributed by atoms with Gasteiger partial charge in [0.15, 0.2) is 9.84 Å². The summed E-state index contributed by atoms with van der Waals surface area (Å²) in [5, 5.41) is 13.5. The number of amides is 1. The molecule has 1 amide bonds. The molecule has 1 heterocycles. The normalized spacial score (nSPS) is 24.3. The van der Waals surface area contributed by atoms with Crippen LogP contribution in [0.1, 0.15) is 56.1 Å². The molecule has 4 atom stereocenters. The monoisotopic (exact) mass is 617 g/mol. The summed E-state index contributed by atoms with van der Waals surface area (Å²) in [7, 11) is -4.14. The van der Waals surface area contributed by atoms with Crippen LogP contribution in [0.2, 0.25) is 10.0 Å². The zero-order valence-electron chi connectivity index (χ0n) is 22.3. The van der Waals surface area contributed by atoms with Crippen molar-refractivity contribution >= 4 is 44.9 Å². The molecule has 0 bridgehead atoms. The number of sulfone groups is 1. The van der Waals surface area contributed by atoms with Crippen LogP contribution in [-0.4, -0.2) is 31.4 Å². The smallest absolute Gasteiger partial charge is 0.304 e. The molecule has 0 spiro atoms. The van der Waals surface area contributed by atoms with Gasteiger partial charge in [-0.2, -0.15) is 0 Å². The zero-order chi connectivity index (χ0) is 29.6. The molecular formula is C31H30Cl2FNO5S. The summed E-state index contributed by atoms with van der Waals surface area (Å²) in [6.45, 7) is 1.62. The fraction of sp³-hybridized carbons (Fsp3) is 0.355. The highest BCUT2D eigenvalue weighted by atomic mass is 35.5. The molecule has 1 saturated heterocycles. The number of piperidine rings is 1. The van der Waals surface area contributed by atoms with Crippen LogP contribution in [0.5, 0.6) is 0 Å². The van der Waals surface area contributed by atoms with Crippen molar-refractivity contribution in [1.29, 1.82) is 0 Å². The zero-order valence-corrected chi connectivity index (χ0v) is 24.6. The van der Waals surface area contributed by atoms with Gasteiger partial charge < -0.3 is 10.4 Å². The maximum absolute atomic E-state index is 14.7. The number of nitrogens with one attached hydrogen (secondary N) is 1. The highest BCUT2D eigenvalue weighted by molar-refractivity contribution is 7.92. The van der Waals surface area contributed by atoms with E-state index < -0.39 is 49.7 Å². The summed E-state index contributed by atoms with van der Waals surface area (Å²) in [6.07, 6.45) is 1.14. The molecule has 3 aromatic carbocycles. The second-order valence-electron chi connectivity index (χ2n) is 11.4. The van der Waals surface area contributed by atoms with E-state index in [0.717, 1.165) is 17.7 Å². The molecule has 2 aliphatic rings. The van der Waals surface area contributed by atoms with E-state index in [2.05, 4.69) is 5.32 Å². The Labute approximate surface area is 248 Å². The van der Waals surface area contributed by atoms with Gasteiger partial charge in [0.05, 0.1) is 16.7 Å². The first kappa shape index (κ1) is 29.5. The summed E-state index contributed by atoms with van der Waals surface area (Å²) >= 11 is 12.5. The molecule has 0 radical (unpaired) electrons. The third kappa shape index (κ3) is 5.62. The number of carboxylic acid groups (broad SMARTS) is 1. The number of carbonyl (C=O) groups excluding carboxylic acids is 1. The quantitative estimate of drug-likeness (QED) is 0.258. The molecule has 0 unspecified atom stereocenters. The number of hydrogen-bond donors (Lipinski definition) is 2. The van der Waals surface area contributed by atoms with E-state index in [-0.39, 0.29) is 30.1 Å². The van der Waals surface area contributed by atoms with Crippen LogP contribution in [0.3, 0.4) is 0 Å². The largest absolute Gasteiger partial charge is 0.481 e. The number of rotatable bonds is 9. The van der Waals surface area contributed by atoms with Gasteiger partial charge in [0, 0.05) is 22.0 Å². The molecule has 10 heteroatoms. The van der Waals surface area contributed by atoms with Crippen molar-refractivity contribution in [1.82, 2.24) is 5.32 Å². The van der Waals surface area contributed by atoms with Gasteiger partial charge in [-0.3, -0.25) is 9.59 Å². The SMILES string of the molecule is C[C@@]1(CC(=O)O)C[C@H](c2cccc(Cl)c2)[C@H](C[C@@](c2ccc(Cl)cc2)(C2CC2)S(=O)(=O)c2ccc(F)cc2)NC1=O. The lowest BCUT2D eigenvalue weighted by Crippen LogP contribution is -2.57. The Bertz CT molecular complexity index is 1580. The lowest BCUT2D eigenvalue weighted by molar-refractivity contribution is -0.147. The third-order valence-corrected chi connectivity index (χ3v) is 11.6. The first-order valence-electron chi connectivity index (χ1n) is 13.4. The summed E-state index contributed by atoms with van der Waals surface area (Å²) in [6, 6.07) is 18.0. The summed E-state index contributed by atoms with van der Waals surface area (Å²) in [5.74, 6) is -2.78. The fourth-order valence-electron chi connectivity index (χ4n) is 6.37. The number of halogens is 3. The minimum absolute atomic E-state index is 0.0158. The number of carboxylic acids is 1. The first-order valence-corrected chi connectivity index (χ1v) is 15.6. The third-order valence-electron chi connectivity index (χ3n) is 8.54. The first-order chi connectivity index (χ1) is 19.4. The van der Waals surface area contributed by atoms with Crippen LogP contribution >= 0.6 is 23.2 Å². The molecule has 1 aliphatic carbocycles. The van der Waals surface area contributed by atoms with Gasteiger partial charge in [0.1, 0.15) is 10.6 Å². The second kappa shape index (κ2) is 11.0. The van der Waals surface area contributed by atoms with Crippen molar-refractivity contribution in [3.05, 3.63) is 99.8 Å². The van der Waals surface area contributed by atoms with E-state index in [1.807, 2.05) is 6.07 Å². The molecule has 6 nitrogen and oxygen atoms in total. The van der Waals surface area contributed by atoms with Crippen molar-refractivity contribution in [3.63, 3.8) is 0 Å². The van der Waals surface area contributed by atoms with Crippen molar-refractivity contribution in [2.45, 2.75) is 60.6 Å². The number of hydrogen-bond acceptors (Lipinski definition) is 4. The summed E-state index contributed by atoms with van der Waals surface area (Å²) in [4.78, 5) is 25.2. The highest BCUT2D eigenvalue weighted by Gasteiger charge is 2.59. The molecule has 216 valence electrons. The van der Waals surface area contributed by atoms with Crippen molar-refractivity contribution in [3.8, 4) is 0 Å². The van der Waals surface area contributed by atoms with Crippen molar-refractivity contribution < 1.29 is 27.5 Å². The van der Waals surface area contributed by atoms with Crippen LogP contribution in [-0.2, 0) is 24.2 Å². The van der Waals surface area contributed by atoms with Crippen LogP contribution < -0.4 is 5.32 Å². The molecule has 41 heavy (non-hydrogen) atoms. The Morgan fingerprint density at radius 2 is 1.71 bits per heavy atom. The second-order valence-corrected chi connectivity index (χ2v) is 14.5. The average molecular weight is 619 g/mol. The fourth-order valence-corrected chi connectivity index (χ4v) is 9.13. The van der Waals surface area contributed by atoms with Crippen molar-refractivity contribution in [2.75, 3.05) is 0 Å². The Hall–Kier alpha value is -2.94. The molecular weight excluding hydrogens is 588 g/mol. The summed E-state index contributed by atoms with van der Waals surface area (Å²) in [5.41, 5.74) is 0.0963.